The van der Waals surface area contributed by atoms with E-state index in [4.69, 9.17) is 0 Å². The highest BCUT2D eigenvalue weighted by molar-refractivity contribution is 5.96. The van der Waals surface area contributed by atoms with Crippen LogP contribution in [0, 0.1) is 5.41 Å². The standard InChI is InChI=1S/C26H33N5O3/c1-26(2,3)25(34)31(21-7-5-10-27-15-21)16-23(33)29-20-9-8-17-12-18-6-4-11-28-24(18)30-22(32)14-19(17)13-20/h4,6,8-9,11,13,21,27H,5,7,10,12,14-16H2,1-3H3,(H,29,33)(H,28,30,32)/t21-/m1/s1. The van der Waals surface area contributed by atoms with Crippen LogP contribution in [-0.2, 0) is 27.2 Å². The molecular weight excluding hydrogens is 430 g/mol. The lowest BCUT2D eigenvalue weighted by molar-refractivity contribution is -0.144. The van der Waals surface area contributed by atoms with E-state index in [0.717, 1.165) is 36.1 Å². The lowest BCUT2D eigenvalue weighted by Crippen LogP contribution is -2.54. The molecule has 0 spiro atoms. The zero-order chi connectivity index (χ0) is 24.3. The fourth-order valence-corrected chi connectivity index (χ4v) is 4.54. The van der Waals surface area contributed by atoms with Gasteiger partial charge in [-0.3, -0.25) is 14.4 Å². The van der Waals surface area contributed by atoms with Gasteiger partial charge in [0.1, 0.15) is 12.4 Å². The number of hydrogen-bond donors (Lipinski definition) is 3. The lowest BCUT2D eigenvalue weighted by Gasteiger charge is -2.37. The second-order valence-electron chi connectivity index (χ2n) is 10.1. The molecule has 0 radical (unpaired) electrons. The minimum absolute atomic E-state index is 0.000561. The molecule has 8 nitrogen and oxygen atoms in total. The highest BCUT2D eigenvalue weighted by Crippen LogP contribution is 2.26. The highest BCUT2D eigenvalue weighted by atomic mass is 16.2. The van der Waals surface area contributed by atoms with Crippen LogP contribution in [0.2, 0.25) is 0 Å². The fourth-order valence-electron chi connectivity index (χ4n) is 4.54. The first kappa shape index (κ1) is 23.9. The van der Waals surface area contributed by atoms with Gasteiger partial charge in [0.2, 0.25) is 17.7 Å². The summed E-state index contributed by atoms with van der Waals surface area (Å²) < 4.78 is 0. The molecule has 180 valence electrons. The number of nitrogens with zero attached hydrogens (tertiary/aromatic N) is 2. The van der Waals surface area contributed by atoms with Gasteiger partial charge < -0.3 is 20.9 Å². The number of carbonyl (C=O) groups is 3. The van der Waals surface area contributed by atoms with Gasteiger partial charge in [-0.1, -0.05) is 32.9 Å². The third kappa shape index (κ3) is 5.62. The fraction of sp³-hybridized carbons (Fsp3) is 0.462. The van der Waals surface area contributed by atoms with Crippen molar-refractivity contribution in [3.8, 4) is 0 Å². The first-order valence-electron chi connectivity index (χ1n) is 11.9. The van der Waals surface area contributed by atoms with Crippen molar-refractivity contribution in [2.45, 2.75) is 52.5 Å². The summed E-state index contributed by atoms with van der Waals surface area (Å²) >= 11 is 0. The molecule has 2 aliphatic rings. The topological polar surface area (TPSA) is 103 Å². The molecular formula is C26H33N5O3. The summed E-state index contributed by atoms with van der Waals surface area (Å²) in [6.45, 7) is 7.26. The smallest absolute Gasteiger partial charge is 0.244 e. The van der Waals surface area contributed by atoms with Crippen molar-refractivity contribution < 1.29 is 14.4 Å². The van der Waals surface area contributed by atoms with Crippen LogP contribution in [0.5, 0.6) is 0 Å². The molecule has 1 saturated heterocycles. The van der Waals surface area contributed by atoms with E-state index in [1.807, 2.05) is 51.1 Å². The summed E-state index contributed by atoms with van der Waals surface area (Å²) in [5.41, 5.74) is 2.89. The van der Waals surface area contributed by atoms with Gasteiger partial charge in [-0.25, -0.2) is 4.98 Å². The number of fused-ring (bicyclic) bond motifs is 2. The minimum atomic E-state index is -0.571. The van der Waals surface area contributed by atoms with Gasteiger partial charge in [-0.05, 0) is 54.3 Å². The van der Waals surface area contributed by atoms with Gasteiger partial charge in [-0.15, -0.1) is 0 Å². The van der Waals surface area contributed by atoms with E-state index in [-0.39, 0.29) is 36.7 Å². The molecule has 1 fully saturated rings. The Labute approximate surface area is 200 Å². The molecule has 34 heavy (non-hydrogen) atoms. The van der Waals surface area contributed by atoms with Crippen molar-refractivity contribution in [1.82, 2.24) is 15.2 Å². The molecule has 0 saturated carbocycles. The van der Waals surface area contributed by atoms with Crippen molar-refractivity contribution in [3.05, 3.63) is 53.2 Å². The number of hydrogen-bond acceptors (Lipinski definition) is 5. The maximum Gasteiger partial charge on any atom is 0.244 e. The van der Waals surface area contributed by atoms with Crippen LogP contribution in [0.25, 0.3) is 0 Å². The molecule has 2 aromatic rings. The zero-order valence-corrected chi connectivity index (χ0v) is 20.1. The summed E-state index contributed by atoms with van der Waals surface area (Å²) in [7, 11) is 0. The van der Waals surface area contributed by atoms with Gasteiger partial charge in [-0.2, -0.15) is 0 Å². The predicted octanol–water partition coefficient (Wildman–Crippen LogP) is 2.73. The molecule has 3 amide bonds. The molecule has 1 aromatic heterocycles. The molecule has 4 rings (SSSR count). The first-order chi connectivity index (χ1) is 16.2. The third-order valence-electron chi connectivity index (χ3n) is 6.30. The number of amides is 3. The Morgan fingerprint density at radius 1 is 1.15 bits per heavy atom. The van der Waals surface area contributed by atoms with E-state index < -0.39 is 5.41 Å². The number of nitrogens with one attached hydrogen (secondary N) is 3. The third-order valence-corrected chi connectivity index (χ3v) is 6.30. The molecule has 0 unspecified atom stereocenters. The summed E-state index contributed by atoms with van der Waals surface area (Å²) in [4.78, 5) is 44.6. The van der Waals surface area contributed by atoms with Crippen LogP contribution in [0.4, 0.5) is 11.5 Å². The van der Waals surface area contributed by atoms with E-state index in [0.29, 0.717) is 24.5 Å². The SMILES string of the molecule is CC(C)(C)C(=O)N(CC(=O)Nc1ccc2c(c1)CC(=O)Nc1ncccc1C2)[C@@H]1CCCNC1. The molecule has 8 heteroatoms. The van der Waals surface area contributed by atoms with Crippen LogP contribution in [0.1, 0.15) is 50.3 Å². The minimum Gasteiger partial charge on any atom is -0.329 e. The average molecular weight is 464 g/mol. The first-order valence-corrected chi connectivity index (χ1v) is 11.9. The summed E-state index contributed by atoms with van der Waals surface area (Å²) in [5, 5.41) is 9.14. The van der Waals surface area contributed by atoms with Crippen LogP contribution in [0.15, 0.2) is 36.5 Å². The Morgan fingerprint density at radius 3 is 2.71 bits per heavy atom. The number of benzene rings is 1. The summed E-state index contributed by atoms with van der Waals surface area (Å²) in [6.07, 6.45) is 4.38. The van der Waals surface area contributed by atoms with Crippen LogP contribution in [-0.4, -0.2) is 53.3 Å². The number of piperidine rings is 1. The Hall–Kier alpha value is -3.26. The van der Waals surface area contributed by atoms with Gasteiger partial charge in [0.15, 0.2) is 0 Å². The Bertz CT molecular complexity index is 1090. The molecule has 0 bridgehead atoms. The summed E-state index contributed by atoms with van der Waals surface area (Å²) in [5.74, 6) is 0.180. The van der Waals surface area contributed by atoms with Crippen molar-refractivity contribution in [2.75, 3.05) is 30.3 Å². The number of carbonyl (C=O) groups excluding carboxylic acids is 3. The largest absolute Gasteiger partial charge is 0.329 e. The second-order valence-corrected chi connectivity index (χ2v) is 10.1. The van der Waals surface area contributed by atoms with E-state index in [9.17, 15) is 14.4 Å². The van der Waals surface area contributed by atoms with Crippen LogP contribution >= 0.6 is 0 Å². The van der Waals surface area contributed by atoms with Crippen LogP contribution in [0.3, 0.4) is 0 Å². The van der Waals surface area contributed by atoms with E-state index in [1.165, 1.54) is 0 Å². The maximum atomic E-state index is 13.1. The van der Waals surface area contributed by atoms with Gasteiger partial charge >= 0.3 is 0 Å². The lowest BCUT2D eigenvalue weighted by atomic mass is 9.92. The second kappa shape index (κ2) is 9.93. The van der Waals surface area contributed by atoms with E-state index in [1.54, 1.807) is 11.1 Å². The molecule has 1 atom stereocenters. The Morgan fingerprint density at radius 2 is 1.97 bits per heavy atom. The molecule has 3 N–H and O–H groups in total. The number of pyridine rings is 1. The Kier molecular flexibility index (Phi) is 6.97. The average Bonchev–Trinajstić information content (AvgIpc) is 2.78. The Balaban J connectivity index is 1.50. The van der Waals surface area contributed by atoms with Gasteiger partial charge in [0.25, 0.3) is 0 Å². The number of anilines is 2. The quantitative estimate of drug-likeness (QED) is 0.647. The number of rotatable bonds is 4. The van der Waals surface area contributed by atoms with Crippen molar-refractivity contribution in [1.29, 1.82) is 0 Å². The zero-order valence-electron chi connectivity index (χ0n) is 20.1. The maximum absolute atomic E-state index is 13.1. The highest BCUT2D eigenvalue weighted by Gasteiger charge is 2.34. The summed E-state index contributed by atoms with van der Waals surface area (Å²) in [6, 6.07) is 9.46. The molecule has 2 aliphatic heterocycles. The molecule has 1 aromatic carbocycles. The van der Waals surface area contributed by atoms with E-state index in [2.05, 4.69) is 20.9 Å². The predicted molar refractivity (Wildman–Crippen MR) is 132 cm³/mol. The van der Waals surface area contributed by atoms with Crippen molar-refractivity contribution in [2.24, 2.45) is 5.41 Å². The van der Waals surface area contributed by atoms with Crippen molar-refractivity contribution >= 4 is 29.2 Å². The normalized spacial score (nSPS) is 18.0. The monoisotopic (exact) mass is 463 g/mol. The molecule has 0 aliphatic carbocycles. The van der Waals surface area contributed by atoms with Crippen LogP contribution < -0.4 is 16.0 Å². The van der Waals surface area contributed by atoms with Gasteiger partial charge in [0, 0.05) is 36.3 Å². The van der Waals surface area contributed by atoms with Gasteiger partial charge in [0.05, 0.1) is 6.42 Å². The van der Waals surface area contributed by atoms with Crippen molar-refractivity contribution in [3.63, 3.8) is 0 Å². The molecule has 3 heterocycles. The van der Waals surface area contributed by atoms with E-state index >= 15 is 0 Å². The number of aromatic nitrogens is 1.